The lowest BCUT2D eigenvalue weighted by molar-refractivity contribution is -0.120. The van der Waals surface area contributed by atoms with Gasteiger partial charge in [0.1, 0.15) is 17.1 Å². The van der Waals surface area contributed by atoms with Gasteiger partial charge in [-0.3, -0.25) is 4.79 Å². The molecule has 0 atom stereocenters. The first-order chi connectivity index (χ1) is 9.93. The molecule has 1 rings (SSSR count). The lowest BCUT2D eigenvalue weighted by atomic mass is 10.2. The molecule has 0 spiro atoms. The maximum atomic E-state index is 11.5. The number of hydrogen-bond donors (Lipinski definition) is 4. The molecular weight excluding hydrogens is 278 g/mol. The molecule has 1 aromatic rings. The van der Waals surface area contributed by atoms with Crippen LogP contribution in [0, 0.1) is 6.92 Å². The largest absolute Gasteiger partial charge is 0.478 e. The van der Waals surface area contributed by atoms with Gasteiger partial charge in [-0.15, -0.1) is 0 Å². The molecule has 0 unspecified atom stereocenters. The molecule has 0 fully saturated rings. The normalized spacial score (nSPS) is 10.0. The average Bonchev–Trinajstić information content (AvgIpc) is 2.82. The van der Waals surface area contributed by atoms with Crippen LogP contribution in [-0.2, 0) is 11.3 Å². The van der Waals surface area contributed by atoms with Gasteiger partial charge in [-0.1, -0.05) is 6.92 Å². The second kappa shape index (κ2) is 7.93. The third-order valence-electron chi connectivity index (χ3n) is 2.60. The predicted molar refractivity (Wildman–Crippen MR) is 73.9 cm³/mol. The average molecular weight is 297 g/mol. The predicted octanol–water partition coefficient (Wildman–Crippen LogP) is 0.612. The van der Waals surface area contributed by atoms with E-state index in [1.807, 2.05) is 6.92 Å². The van der Waals surface area contributed by atoms with Crippen molar-refractivity contribution in [2.45, 2.75) is 26.8 Å². The highest BCUT2D eigenvalue weighted by molar-refractivity contribution is 5.88. The van der Waals surface area contributed by atoms with Gasteiger partial charge < -0.3 is 25.5 Å². The molecule has 0 saturated heterocycles. The molecule has 8 nitrogen and oxygen atoms in total. The van der Waals surface area contributed by atoms with E-state index in [-0.39, 0.29) is 30.3 Å². The van der Waals surface area contributed by atoms with Crippen LogP contribution in [0.25, 0.3) is 0 Å². The highest BCUT2D eigenvalue weighted by atomic mass is 16.4. The SMILES string of the molecule is CCCNC(=O)CNC(=O)NCc1cc(C(=O)O)c(C)o1. The Hall–Kier alpha value is -2.51. The number of rotatable bonds is 7. The van der Waals surface area contributed by atoms with Crippen LogP contribution in [0.2, 0.25) is 0 Å². The van der Waals surface area contributed by atoms with Gasteiger partial charge in [0.15, 0.2) is 0 Å². The fraction of sp³-hybridized carbons (Fsp3) is 0.462. The van der Waals surface area contributed by atoms with Crippen LogP contribution in [-0.4, -0.2) is 36.1 Å². The van der Waals surface area contributed by atoms with Crippen molar-refractivity contribution >= 4 is 17.9 Å². The van der Waals surface area contributed by atoms with Crippen molar-refractivity contribution < 1.29 is 23.9 Å². The standard InChI is InChI=1S/C13H19N3O5/c1-3-4-14-11(17)7-16-13(20)15-6-9-5-10(12(18)19)8(2)21-9/h5H,3-4,6-7H2,1-2H3,(H,14,17)(H,18,19)(H2,15,16,20). The van der Waals surface area contributed by atoms with Crippen LogP contribution >= 0.6 is 0 Å². The Morgan fingerprint density at radius 2 is 1.95 bits per heavy atom. The van der Waals surface area contributed by atoms with Crippen LogP contribution < -0.4 is 16.0 Å². The Labute approximate surface area is 121 Å². The summed E-state index contributed by atoms with van der Waals surface area (Å²) in [5.74, 6) is -0.748. The molecular formula is C13H19N3O5. The summed E-state index contributed by atoms with van der Waals surface area (Å²) in [5.41, 5.74) is 0.0613. The minimum absolute atomic E-state index is 0.0382. The zero-order valence-electron chi connectivity index (χ0n) is 12.0. The molecule has 8 heteroatoms. The fourth-order valence-electron chi connectivity index (χ4n) is 1.56. The lowest BCUT2D eigenvalue weighted by Gasteiger charge is -2.06. The Morgan fingerprint density at radius 3 is 2.52 bits per heavy atom. The number of hydrogen-bond acceptors (Lipinski definition) is 4. The van der Waals surface area contributed by atoms with Crippen LogP contribution in [0.3, 0.4) is 0 Å². The molecule has 0 aliphatic rings. The number of aromatic carboxylic acids is 1. The molecule has 1 heterocycles. The number of urea groups is 1. The third-order valence-corrected chi connectivity index (χ3v) is 2.60. The van der Waals surface area contributed by atoms with E-state index in [0.29, 0.717) is 12.3 Å². The maximum absolute atomic E-state index is 11.5. The number of carboxylic acid groups (broad SMARTS) is 1. The molecule has 0 aliphatic heterocycles. The van der Waals surface area contributed by atoms with Crippen LogP contribution in [0.1, 0.15) is 35.2 Å². The van der Waals surface area contributed by atoms with Gasteiger partial charge in [-0.25, -0.2) is 9.59 Å². The summed E-state index contributed by atoms with van der Waals surface area (Å²) in [6.07, 6.45) is 0.821. The van der Waals surface area contributed by atoms with E-state index in [9.17, 15) is 14.4 Å². The smallest absolute Gasteiger partial charge is 0.339 e. The monoisotopic (exact) mass is 297 g/mol. The van der Waals surface area contributed by atoms with Crippen molar-refractivity contribution in [1.29, 1.82) is 0 Å². The quantitative estimate of drug-likeness (QED) is 0.587. The molecule has 0 bridgehead atoms. The van der Waals surface area contributed by atoms with Crippen molar-refractivity contribution in [3.05, 3.63) is 23.2 Å². The number of nitrogens with one attached hydrogen (secondary N) is 3. The first kappa shape index (κ1) is 16.5. The molecule has 0 radical (unpaired) electrons. The van der Waals surface area contributed by atoms with E-state index in [1.54, 1.807) is 0 Å². The summed E-state index contributed by atoms with van der Waals surface area (Å²) >= 11 is 0. The van der Waals surface area contributed by atoms with Gasteiger partial charge in [0.25, 0.3) is 0 Å². The summed E-state index contributed by atoms with van der Waals surface area (Å²) in [4.78, 5) is 33.6. The van der Waals surface area contributed by atoms with Gasteiger partial charge in [-0.05, 0) is 19.4 Å². The Morgan fingerprint density at radius 1 is 1.24 bits per heavy atom. The third kappa shape index (κ3) is 5.55. The van der Waals surface area contributed by atoms with Crippen molar-refractivity contribution in [3.8, 4) is 0 Å². The van der Waals surface area contributed by atoms with Crippen molar-refractivity contribution in [3.63, 3.8) is 0 Å². The van der Waals surface area contributed by atoms with E-state index in [0.717, 1.165) is 6.42 Å². The molecule has 0 aliphatic carbocycles. The van der Waals surface area contributed by atoms with Crippen molar-refractivity contribution in [1.82, 2.24) is 16.0 Å². The zero-order chi connectivity index (χ0) is 15.8. The minimum Gasteiger partial charge on any atom is -0.478 e. The first-order valence-electron chi connectivity index (χ1n) is 6.55. The second-order valence-electron chi connectivity index (χ2n) is 4.37. The summed E-state index contributed by atoms with van der Waals surface area (Å²) in [6, 6.07) is 0.818. The fourth-order valence-corrected chi connectivity index (χ4v) is 1.56. The molecule has 0 aromatic carbocycles. The topological polar surface area (TPSA) is 121 Å². The van der Waals surface area contributed by atoms with Gasteiger partial charge in [0.2, 0.25) is 5.91 Å². The van der Waals surface area contributed by atoms with Gasteiger partial charge in [0, 0.05) is 6.54 Å². The van der Waals surface area contributed by atoms with Crippen LogP contribution in [0.5, 0.6) is 0 Å². The van der Waals surface area contributed by atoms with Gasteiger partial charge in [-0.2, -0.15) is 0 Å². The Kier molecular flexibility index (Phi) is 6.25. The van der Waals surface area contributed by atoms with Crippen LogP contribution in [0.4, 0.5) is 4.79 Å². The minimum atomic E-state index is -1.08. The van der Waals surface area contributed by atoms with E-state index in [2.05, 4.69) is 16.0 Å². The van der Waals surface area contributed by atoms with Gasteiger partial charge in [0.05, 0.1) is 13.1 Å². The van der Waals surface area contributed by atoms with E-state index < -0.39 is 12.0 Å². The molecule has 116 valence electrons. The van der Waals surface area contributed by atoms with Gasteiger partial charge >= 0.3 is 12.0 Å². The number of carbonyl (C=O) groups excluding carboxylic acids is 2. The summed E-state index contributed by atoms with van der Waals surface area (Å²) in [5, 5.41) is 16.3. The Bertz CT molecular complexity index is 524. The zero-order valence-corrected chi connectivity index (χ0v) is 12.0. The molecule has 21 heavy (non-hydrogen) atoms. The number of carboxylic acids is 1. The van der Waals surface area contributed by atoms with E-state index >= 15 is 0 Å². The van der Waals surface area contributed by atoms with Crippen molar-refractivity contribution in [2.24, 2.45) is 0 Å². The maximum Gasteiger partial charge on any atom is 0.339 e. The molecule has 0 saturated carbocycles. The number of carbonyl (C=O) groups is 3. The highest BCUT2D eigenvalue weighted by Crippen LogP contribution is 2.14. The molecule has 4 N–H and O–H groups in total. The van der Waals surface area contributed by atoms with Crippen molar-refractivity contribution in [2.75, 3.05) is 13.1 Å². The first-order valence-corrected chi connectivity index (χ1v) is 6.55. The summed E-state index contributed by atoms with van der Waals surface area (Å²) in [6.45, 7) is 3.94. The number of aryl methyl sites for hydroxylation is 1. The van der Waals surface area contributed by atoms with E-state index in [1.165, 1.54) is 13.0 Å². The second-order valence-corrected chi connectivity index (χ2v) is 4.37. The number of amides is 3. The van der Waals surface area contributed by atoms with E-state index in [4.69, 9.17) is 9.52 Å². The summed E-state index contributed by atoms with van der Waals surface area (Å²) < 4.78 is 5.20. The highest BCUT2D eigenvalue weighted by Gasteiger charge is 2.14. The Balaban J connectivity index is 2.34. The number of furan rings is 1. The molecule has 1 aromatic heterocycles. The molecule has 3 amide bonds. The lowest BCUT2D eigenvalue weighted by Crippen LogP contribution is -2.41. The summed E-state index contributed by atoms with van der Waals surface area (Å²) in [7, 11) is 0. The van der Waals surface area contributed by atoms with Crippen LogP contribution in [0.15, 0.2) is 10.5 Å².